The van der Waals surface area contributed by atoms with Gasteiger partial charge in [-0.25, -0.2) is 0 Å². The molecule has 2 nitrogen and oxygen atoms in total. The van der Waals surface area contributed by atoms with Crippen molar-refractivity contribution in [3.63, 3.8) is 0 Å². The molecule has 21 heavy (non-hydrogen) atoms. The summed E-state index contributed by atoms with van der Waals surface area (Å²) in [5.41, 5.74) is 3.56. The van der Waals surface area contributed by atoms with Crippen molar-refractivity contribution in [2.75, 3.05) is 6.61 Å². The molecule has 2 aromatic rings. The Morgan fingerprint density at radius 1 is 0.857 bits per heavy atom. The van der Waals surface area contributed by atoms with Gasteiger partial charge in [-0.15, -0.1) is 0 Å². The Morgan fingerprint density at radius 3 is 1.95 bits per heavy atom. The van der Waals surface area contributed by atoms with Crippen LogP contribution in [0.4, 0.5) is 0 Å². The largest absolute Gasteiger partial charge is 0.394 e. The minimum absolute atomic E-state index is 0.155. The Balaban J connectivity index is 2.03. The topological polar surface area (TPSA) is 32.3 Å². The normalized spacial score (nSPS) is 11.6. The molecule has 0 radical (unpaired) electrons. The summed E-state index contributed by atoms with van der Waals surface area (Å²) >= 11 is 0. The van der Waals surface area contributed by atoms with E-state index in [1.54, 1.807) is 0 Å². The molecule has 2 rings (SSSR count). The molecule has 112 valence electrons. The van der Waals surface area contributed by atoms with Crippen LogP contribution >= 0.6 is 0 Å². The maximum atomic E-state index is 9.58. The first-order valence-electron chi connectivity index (χ1n) is 7.73. The average molecular weight is 283 g/mol. The monoisotopic (exact) mass is 283 g/mol. The molecule has 0 aromatic heterocycles. The lowest BCUT2D eigenvalue weighted by Crippen LogP contribution is -2.47. The Morgan fingerprint density at radius 2 is 1.43 bits per heavy atom. The second-order valence-corrected chi connectivity index (χ2v) is 5.56. The predicted octanol–water partition coefficient (Wildman–Crippen LogP) is 3.99. The molecule has 0 spiro atoms. The summed E-state index contributed by atoms with van der Waals surface area (Å²) in [5, 5.41) is 13.1. The lowest BCUT2D eigenvalue weighted by molar-refractivity contribution is 0.149. The quantitative estimate of drug-likeness (QED) is 0.805. The van der Waals surface area contributed by atoms with E-state index in [9.17, 15) is 5.11 Å². The second kappa shape index (κ2) is 7.39. The molecule has 0 aliphatic heterocycles. The van der Waals surface area contributed by atoms with Gasteiger partial charge in [-0.05, 0) is 29.5 Å². The van der Waals surface area contributed by atoms with Crippen LogP contribution in [0, 0.1) is 0 Å². The third kappa shape index (κ3) is 3.93. The molecule has 0 aliphatic carbocycles. The summed E-state index contributed by atoms with van der Waals surface area (Å²) in [7, 11) is 0. The minimum Gasteiger partial charge on any atom is -0.394 e. The first-order valence-corrected chi connectivity index (χ1v) is 7.73. The van der Waals surface area contributed by atoms with Gasteiger partial charge in [0, 0.05) is 12.1 Å². The van der Waals surface area contributed by atoms with E-state index in [-0.39, 0.29) is 12.1 Å². The second-order valence-electron chi connectivity index (χ2n) is 5.56. The van der Waals surface area contributed by atoms with Crippen molar-refractivity contribution in [2.45, 2.75) is 38.8 Å². The van der Waals surface area contributed by atoms with Gasteiger partial charge in [0.15, 0.2) is 0 Å². The lowest BCUT2D eigenvalue weighted by atomic mass is 9.93. The highest BCUT2D eigenvalue weighted by Crippen LogP contribution is 2.20. The molecule has 2 N–H and O–H groups in total. The van der Waals surface area contributed by atoms with Gasteiger partial charge in [0.2, 0.25) is 0 Å². The Hall–Kier alpha value is -1.64. The van der Waals surface area contributed by atoms with E-state index in [4.69, 9.17) is 0 Å². The molecule has 0 atom stereocenters. The first kappa shape index (κ1) is 15.7. The fourth-order valence-electron chi connectivity index (χ4n) is 2.51. The number of aliphatic hydroxyl groups is 1. The van der Waals surface area contributed by atoms with Gasteiger partial charge in [-0.2, -0.15) is 0 Å². The molecule has 0 amide bonds. The average Bonchev–Trinajstić information content (AvgIpc) is 2.58. The van der Waals surface area contributed by atoms with Crippen molar-refractivity contribution in [3.8, 4) is 11.1 Å². The molecule has 0 heterocycles. The molecule has 0 unspecified atom stereocenters. The molecule has 2 aromatic carbocycles. The van der Waals surface area contributed by atoms with Crippen molar-refractivity contribution in [3.05, 3.63) is 60.2 Å². The molecule has 0 fully saturated rings. The third-order valence-electron chi connectivity index (χ3n) is 4.38. The number of aliphatic hydroxyl groups excluding tert-OH is 1. The van der Waals surface area contributed by atoms with Crippen molar-refractivity contribution in [2.24, 2.45) is 0 Å². The number of benzene rings is 2. The fourth-order valence-corrected chi connectivity index (χ4v) is 2.51. The Bertz CT molecular complexity index is 521. The van der Waals surface area contributed by atoms with E-state index in [0.717, 1.165) is 19.4 Å². The standard InChI is InChI=1S/C19H25NO/c1-3-19(4-2,15-21)20-14-16-10-12-18(13-11-16)17-8-6-5-7-9-17/h5-13,20-21H,3-4,14-15H2,1-2H3. The maximum absolute atomic E-state index is 9.58. The zero-order valence-corrected chi connectivity index (χ0v) is 13.0. The number of nitrogens with one attached hydrogen (secondary N) is 1. The SMILES string of the molecule is CCC(CC)(CO)NCc1ccc(-c2ccccc2)cc1. The third-order valence-corrected chi connectivity index (χ3v) is 4.38. The minimum atomic E-state index is -0.155. The van der Waals surface area contributed by atoms with E-state index in [0.29, 0.717) is 0 Å². The van der Waals surface area contributed by atoms with Crippen molar-refractivity contribution < 1.29 is 5.11 Å². The van der Waals surface area contributed by atoms with Crippen LogP contribution in [0.25, 0.3) is 11.1 Å². The highest BCUT2D eigenvalue weighted by molar-refractivity contribution is 5.63. The first-order chi connectivity index (χ1) is 10.2. The Kier molecular flexibility index (Phi) is 5.54. The van der Waals surface area contributed by atoms with E-state index in [2.05, 4.69) is 67.7 Å². The van der Waals surface area contributed by atoms with Crippen LogP contribution in [0.1, 0.15) is 32.3 Å². The fraction of sp³-hybridized carbons (Fsp3) is 0.368. The molecular formula is C19H25NO. The van der Waals surface area contributed by atoms with Crippen LogP contribution in [-0.4, -0.2) is 17.3 Å². The van der Waals surface area contributed by atoms with Crippen molar-refractivity contribution >= 4 is 0 Å². The summed E-state index contributed by atoms with van der Waals surface area (Å²) in [6, 6.07) is 19.0. The van der Waals surface area contributed by atoms with Crippen LogP contribution in [0.5, 0.6) is 0 Å². The number of hydrogen-bond donors (Lipinski definition) is 2. The van der Waals surface area contributed by atoms with Crippen LogP contribution < -0.4 is 5.32 Å². The van der Waals surface area contributed by atoms with Gasteiger partial charge in [0.1, 0.15) is 0 Å². The molecule has 2 heteroatoms. The number of rotatable bonds is 7. The van der Waals surface area contributed by atoms with Crippen LogP contribution in [0.15, 0.2) is 54.6 Å². The summed E-state index contributed by atoms with van der Waals surface area (Å²) in [6.07, 6.45) is 1.87. The molecular weight excluding hydrogens is 258 g/mol. The molecule has 0 bridgehead atoms. The summed E-state index contributed by atoms with van der Waals surface area (Å²) in [5.74, 6) is 0. The van der Waals surface area contributed by atoms with Gasteiger partial charge in [0.25, 0.3) is 0 Å². The van der Waals surface area contributed by atoms with Gasteiger partial charge >= 0.3 is 0 Å². The number of hydrogen-bond acceptors (Lipinski definition) is 2. The molecule has 0 saturated heterocycles. The van der Waals surface area contributed by atoms with Crippen molar-refractivity contribution in [1.29, 1.82) is 0 Å². The molecule has 0 saturated carbocycles. The predicted molar refractivity (Wildman–Crippen MR) is 89.1 cm³/mol. The van der Waals surface area contributed by atoms with E-state index >= 15 is 0 Å². The highest BCUT2D eigenvalue weighted by Gasteiger charge is 2.23. The van der Waals surface area contributed by atoms with Crippen LogP contribution in [0.3, 0.4) is 0 Å². The maximum Gasteiger partial charge on any atom is 0.0613 e. The van der Waals surface area contributed by atoms with E-state index in [1.165, 1.54) is 16.7 Å². The van der Waals surface area contributed by atoms with Crippen LogP contribution in [-0.2, 0) is 6.54 Å². The Labute approximate surface area is 127 Å². The van der Waals surface area contributed by atoms with Gasteiger partial charge in [-0.1, -0.05) is 68.4 Å². The van der Waals surface area contributed by atoms with E-state index in [1.807, 2.05) is 6.07 Å². The van der Waals surface area contributed by atoms with Gasteiger partial charge < -0.3 is 10.4 Å². The summed E-state index contributed by atoms with van der Waals surface area (Å²) in [6.45, 7) is 5.20. The van der Waals surface area contributed by atoms with E-state index < -0.39 is 0 Å². The zero-order valence-electron chi connectivity index (χ0n) is 13.0. The van der Waals surface area contributed by atoms with Crippen LogP contribution in [0.2, 0.25) is 0 Å². The van der Waals surface area contributed by atoms with Crippen molar-refractivity contribution in [1.82, 2.24) is 5.32 Å². The smallest absolute Gasteiger partial charge is 0.0613 e. The molecule has 0 aliphatic rings. The summed E-state index contributed by atoms with van der Waals surface area (Å²) in [4.78, 5) is 0. The zero-order chi connectivity index (χ0) is 15.1. The van der Waals surface area contributed by atoms with Gasteiger partial charge in [-0.3, -0.25) is 0 Å². The highest BCUT2D eigenvalue weighted by atomic mass is 16.3. The van der Waals surface area contributed by atoms with Gasteiger partial charge in [0.05, 0.1) is 6.61 Å². The lowest BCUT2D eigenvalue weighted by Gasteiger charge is -2.31. The summed E-state index contributed by atoms with van der Waals surface area (Å²) < 4.78 is 0.